The first kappa shape index (κ1) is 17.9. The molecule has 0 aromatic heterocycles. The average molecular weight is 153 g/mol. The van der Waals surface area contributed by atoms with Gasteiger partial charge in [0.1, 0.15) is 0 Å². The van der Waals surface area contributed by atoms with Gasteiger partial charge in [0.25, 0.3) is 0 Å². The van der Waals surface area contributed by atoms with Gasteiger partial charge in [0.15, 0.2) is 0 Å². The van der Waals surface area contributed by atoms with Crippen LogP contribution in [0.3, 0.4) is 0 Å². The molecule has 0 amide bonds. The van der Waals surface area contributed by atoms with Crippen molar-refractivity contribution in [1.29, 1.82) is 0 Å². The summed E-state index contributed by atoms with van der Waals surface area (Å²) in [6.07, 6.45) is 9.00. The van der Waals surface area contributed by atoms with E-state index in [0.717, 1.165) is 0 Å². The zero-order chi connectivity index (χ0) is 4.24. The largest absolute Gasteiger partial charge is 0.0533 e. The molecule has 3 radical (unpaired) electrons. The topological polar surface area (TPSA) is 0 Å². The maximum absolute atomic E-state index is 1.50. The summed E-state index contributed by atoms with van der Waals surface area (Å²) in [6, 6.07) is 0. The van der Waals surface area contributed by atoms with Crippen LogP contribution in [0.2, 0.25) is 0 Å². The van der Waals surface area contributed by atoms with Gasteiger partial charge < -0.3 is 0 Å². The fourth-order valence-corrected chi connectivity index (χ4v) is 1.06. The number of rotatable bonds is 0. The van der Waals surface area contributed by atoms with Gasteiger partial charge in [0, 0.05) is 88.7 Å². The molecule has 3 heteroatoms. The minimum absolute atomic E-state index is 0. The van der Waals surface area contributed by atoms with E-state index in [0.29, 0.717) is 0 Å². The van der Waals surface area contributed by atoms with Gasteiger partial charge in [-0.15, -0.1) is 0 Å². The molecule has 0 aromatic rings. The summed E-state index contributed by atoms with van der Waals surface area (Å²) in [6.45, 7) is 0. The first-order valence-electron chi connectivity index (χ1n) is 3.00. The van der Waals surface area contributed by atoms with Crippen LogP contribution in [-0.4, -0.2) is 88.7 Å². The van der Waals surface area contributed by atoms with E-state index in [4.69, 9.17) is 0 Å². The molecule has 1 fully saturated rings. The summed E-state index contributed by atoms with van der Waals surface area (Å²) < 4.78 is 0. The second-order valence-corrected chi connectivity index (χ2v) is 2.12. The summed E-state index contributed by atoms with van der Waals surface area (Å²) in [7, 11) is 0. The van der Waals surface area contributed by atoms with Crippen molar-refractivity contribution in [3.05, 3.63) is 0 Å². The number of hydrogen-bond acceptors (Lipinski definition) is 0. The molecular weight excluding hydrogens is 141 g/mol. The van der Waals surface area contributed by atoms with Gasteiger partial charge in [0.05, 0.1) is 0 Å². The second-order valence-electron chi connectivity index (χ2n) is 2.12. The predicted octanol–water partition coefficient (Wildman–Crippen LogP) is 1.20. The molecule has 1 aliphatic carbocycles. The molecule has 1 aliphatic rings. The van der Waals surface area contributed by atoms with Crippen molar-refractivity contribution in [2.45, 2.75) is 38.5 Å². The van der Waals surface area contributed by atoms with Crippen molar-refractivity contribution < 1.29 is 0 Å². The SMILES string of the molecule is C1CCCCC1.[Na].[Na].[Na]. The first-order chi connectivity index (χ1) is 3.00. The standard InChI is InChI=1S/C6H12.3Na/c1-2-4-6-5-3-1;;;/h1-6H2;;;. The van der Waals surface area contributed by atoms with E-state index in [9.17, 15) is 0 Å². The Morgan fingerprint density at radius 1 is 0.333 bits per heavy atom. The summed E-state index contributed by atoms with van der Waals surface area (Å²) in [4.78, 5) is 0. The van der Waals surface area contributed by atoms with Crippen molar-refractivity contribution >= 4 is 88.7 Å². The predicted molar refractivity (Wildman–Crippen MR) is 45.0 cm³/mol. The fraction of sp³-hybridized carbons (Fsp3) is 1.00. The van der Waals surface area contributed by atoms with Crippen molar-refractivity contribution in [2.24, 2.45) is 0 Å². The maximum Gasteiger partial charge on any atom is 0 e. The fourth-order valence-electron chi connectivity index (χ4n) is 1.06. The minimum Gasteiger partial charge on any atom is -0.0533 e. The van der Waals surface area contributed by atoms with Crippen molar-refractivity contribution in [2.75, 3.05) is 0 Å². The molecule has 9 heavy (non-hydrogen) atoms. The van der Waals surface area contributed by atoms with Gasteiger partial charge in [-0.25, -0.2) is 0 Å². The van der Waals surface area contributed by atoms with Crippen LogP contribution in [0.15, 0.2) is 0 Å². The van der Waals surface area contributed by atoms with E-state index in [1.165, 1.54) is 38.5 Å². The van der Waals surface area contributed by atoms with Crippen LogP contribution >= 0.6 is 0 Å². The Morgan fingerprint density at radius 3 is 0.556 bits per heavy atom. The third-order valence-electron chi connectivity index (χ3n) is 1.50. The van der Waals surface area contributed by atoms with E-state index in [1.807, 2.05) is 0 Å². The Balaban J connectivity index is -0.000000120. The van der Waals surface area contributed by atoms with E-state index >= 15 is 0 Å². The van der Waals surface area contributed by atoms with E-state index in [-0.39, 0.29) is 88.7 Å². The van der Waals surface area contributed by atoms with Crippen LogP contribution < -0.4 is 0 Å². The molecule has 0 bridgehead atoms. The molecule has 39 valence electrons. The van der Waals surface area contributed by atoms with E-state index < -0.39 is 0 Å². The molecule has 0 N–H and O–H groups in total. The monoisotopic (exact) mass is 153 g/mol. The molecule has 1 saturated carbocycles. The van der Waals surface area contributed by atoms with Crippen molar-refractivity contribution in [3.8, 4) is 0 Å². The van der Waals surface area contributed by atoms with Gasteiger partial charge in [-0.3, -0.25) is 0 Å². The minimum atomic E-state index is 0. The van der Waals surface area contributed by atoms with Gasteiger partial charge in [-0.2, -0.15) is 0 Å². The zero-order valence-electron chi connectivity index (χ0n) is 7.24. The smallest absolute Gasteiger partial charge is 0 e. The van der Waals surface area contributed by atoms with Crippen molar-refractivity contribution in [3.63, 3.8) is 0 Å². The Labute approximate surface area is 125 Å². The second kappa shape index (κ2) is 13.6. The average Bonchev–Trinajstić information content (AvgIpc) is 1.72. The third-order valence-corrected chi connectivity index (χ3v) is 1.50. The number of hydrogen-bond donors (Lipinski definition) is 0. The molecular formula is C6H12Na3. The van der Waals surface area contributed by atoms with Gasteiger partial charge in [0.2, 0.25) is 0 Å². The van der Waals surface area contributed by atoms with Gasteiger partial charge >= 0.3 is 0 Å². The van der Waals surface area contributed by atoms with Gasteiger partial charge in [-0.1, -0.05) is 38.5 Å². The van der Waals surface area contributed by atoms with E-state index in [1.54, 1.807) is 0 Å². The summed E-state index contributed by atoms with van der Waals surface area (Å²) in [5.74, 6) is 0. The maximum atomic E-state index is 1.50. The van der Waals surface area contributed by atoms with E-state index in [2.05, 4.69) is 0 Å². The molecule has 0 atom stereocenters. The Kier molecular flexibility index (Phi) is 27.0. The third kappa shape index (κ3) is 11.0. The molecule has 0 unspecified atom stereocenters. The molecule has 0 nitrogen and oxygen atoms in total. The molecule has 0 saturated heterocycles. The van der Waals surface area contributed by atoms with Crippen LogP contribution in [0.25, 0.3) is 0 Å². The van der Waals surface area contributed by atoms with Gasteiger partial charge in [-0.05, 0) is 0 Å². The Bertz CT molecular complexity index is 23.8. The Morgan fingerprint density at radius 2 is 0.444 bits per heavy atom. The van der Waals surface area contributed by atoms with Crippen LogP contribution in [0.1, 0.15) is 38.5 Å². The molecule has 0 spiro atoms. The summed E-state index contributed by atoms with van der Waals surface area (Å²) in [5.41, 5.74) is 0. The first-order valence-corrected chi connectivity index (χ1v) is 3.00. The molecule has 0 aromatic carbocycles. The molecule has 1 rings (SSSR count). The molecule has 0 aliphatic heterocycles. The zero-order valence-corrected chi connectivity index (χ0v) is 13.2. The summed E-state index contributed by atoms with van der Waals surface area (Å²) >= 11 is 0. The normalized spacial score (nSPS) is 16.0. The van der Waals surface area contributed by atoms with Crippen LogP contribution in [0.4, 0.5) is 0 Å². The quantitative estimate of drug-likeness (QED) is 0.459. The van der Waals surface area contributed by atoms with Crippen LogP contribution in [0.5, 0.6) is 0 Å². The van der Waals surface area contributed by atoms with Crippen molar-refractivity contribution in [1.82, 2.24) is 0 Å². The summed E-state index contributed by atoms with van der Waals surface area (Å²) in [5, 5.41) is 0. The van der Waals surface area contributed by atoms with Crippen LogP contribution in [-0.2, 0) is 0 Å². The Hall–Kier alpha value is 3.00. The molecule has 0 heterocycles. The van der Waals surface area contributed by atoms with Crippen LogP contribution in [0, 0.1) is 0 Å².